The molecule has 0 saturated heterocycles. The number of carbonyl (C=O) groups is 3. The monoisotopic (exact) mass is 984 g/mol. The van der Waals surface area contributed by atoms with E-state index in [1.807, 2.05) is 24.3 Å². The topological polar surface area (TPSA) is 192 Å². The lowest BCUT2D eigenvalue weighted by Crippen LogP contribution is -2.32. The summed E-state index contributed by atoms with van der Waals surface area (Å²) in [5.41, 5.74) is 2.97. The Bertz CT molecular complexity index is 2180. The Hall–Kier alpha value is -5.87. The molecule has 382 valence electrons. The number of ether oxygens (including phenoxy) is 10. The highest BCUT2D eigenvalue weighted by atomic mass is 19.4. The zero-order valence-electron chi connectivity index (χ0n) is 39.8. The summed E-state index contributed by atoms with van der Waals surface area (Å²) in [6.45, 7) is 10.7. The van der Waals surface area contributed by atoms with Gasteiger partial charge in [0.15, 0.2) is 0 Å². The van der Waals surface area contributed by atoms with Gasteiger partial charge in [-0.15, -0.1) is 0 Å². The Morgan fingerprint density at radius 2 is 1.07 bits per heavy atom. The minimum absolute atomic E-state index is 0.0113. The molecule has 4 aromatic rings. The van der Waals surface area contributed by atoms with E-state index in [4.69, 9.17) is 47.4 Å². The van der Waals surface area contributed by atoms with Crippen molar-refractivity contribution in [2.45, 2.75) is 45.0 Å². The van der Waals surface area contributed by atoms with Crippen LogP contribution in [0, 0.1) is 0 Å². The summed E-state index contributed by atoms with van der Waals surface area (Å²) in [6, 6.07) is 24.3. The Balaban J connectivity index is 0.776. The van der Waals surface area contributed by atoms with Crippen LogP contribution in [0.1, 0.15) is 59.4 Å². The van der Waals surface area contributed by atoms with Crippen molar-refractivity contribution in [3.63, 3.8) is 0 Å². The van der Waals surface area contributed by atoms with Crippen LogP contribution in [0.15, 0.2) is 84.9 Å². The van der Waals surface area contributed by atoms with E-state index in [-0.39, 0.29) is 55.0 Å². The first-order valence-electron chi connectivity index (χ1n) is 23.0. The molecule has 0 bridgehead atoms. The molecule has 0 saturated carbocycles. The average molecular weight is 985 g/mol. The van der Waals surface area contributed by atoms with Crippen molar-refractivity contribution in [2.75, 3.05) is 112 Å². The Kier molecular flexibility index (Phi) is 23.1. The molecule has 0 unspecified atom stereocenters. The molecule has 20 heteroatoms. The first kappa shape index (κ1) is 55.1. The zero-order valence-corrected chi connectivity index (χ0v) is 39.8. The summed E-state index contributed by atoms with van der Waals surface area (Å²) in [6.07, 6.45) is -6.05. The summed E-state index contributed by atoms with van der Waals surface area (Å²) in [7, 11) is 0. The second-order valence-corrected chi connectivity index (χ2v) is 16.5. The van der Waals surface area contributed by atoms with Crippen molar-refractivity contribution < 1.29 is 74.9 Å². The third kappa shape index (κ3) is 20.2. The molecule has 0 spiro atoms. The van der Waals surface area contributed by atoms with Gasteiger partial charge in [-0.1, -0.05) is 54.6 Å². The van der Waals surface area contributed by atoms with Gasteiger partial charge in [-0.3, -0.25) is 4.79 Å². The fourth-order valence-electron chi connectivity index (χ4n) is 6.80. The van der Waals surface area contributed by atoms with E-state index in [2.05, 4.69) is 45.2 Å². The van der Waals surface area contributed by atoms with E-state index in [1.165, 1.54) is 52.6 Å². The van der Waals surface area contributed by atoms with Crippen molar-refractivity contribution in [3.8, 4) is 22.8 Å². The Labute approximate surface area is 405 Å². The summed E-state index contributed by atoms with van der Waals surface area (Å²) < 4.78 is 95.7. The maximum Gasteiger partial charge on any atom is 0.433 e. The molecule has 0 radical (unpaired) electrons. The van der Waals surface area contributed by atoms with Gasteiger partial charge in [-0.25, -0.2) is 14.6 Å². The number of amides is 3. The molecular formula is C50H63F3N4O13. The van der Waals surface area contributed by atoms with Gasteiger partial charge in [-0.05, 0) is 72.9 Å². The highest BCUT2D eigenvalue weighted by Gasteiger charge is 2.34. The third-order valence-corrected chi connectivity index (χ3v) is 9.93. The third-order valence-electron chi connectivity index (χ3n) is 9.93. The number of pyridine rings is 1. The van der Waals surface area contributed by atoms with Gasteiger partial charge in [0, 0.05) is 37.2 Å². The number of benzene rings is 3. The second-order valence-electron chi connectivity index (χ2n) is 16.5. The summed E-state index contributed by atoms with van der Waals surface area (Å²) >= 11 is 0. The molecule has 1 heterocycles. The fourth-order valence-corrected chi connectivity index (χ4v) is 6.80. The van der Waals surface area contributed by atoms with Gasteiger partial charge in [-0.2, -0.15) is 13.2 Å². The molecule has 0 fully saturated rings. The molecule has 1 aliphatic carbocycles. The Morgan fingerprint density at radius 1 is 0.571 bits per heavy atom. The minimum atomic E-state index is -4.78. The number of nitrogens with zero attached hydrogens (tertiary/aromatic N) is 1. The van der Waals surface area contributed by atoms with Gasteiger partial charge in [0.25, 0.3) is 5.91 Å². The van der Waals surface area contributed by atoms with E-state index in [9.17, 15) is 27.6 Å². The lowest BCUT2D eigenvalue weighted by Gasteiger charge is -2.20. The average Bonchev–Trinajstić information content (AvgIpc) is 3.65. The number of alkyl carbamates (subject to hydrolysis) is 2. The molecule has 17 nitrogen and oxygen atoms in total. The normalized spacial score (nSPS) is 12.3. The SMILES string of the molecule is CC(C)(C)OC(=O)NCc1cc(Oc2cccc(C(=O)NCCOCCOCCOCCOCCOCCOCCOCCNC(=O)OCC3c4ccccc4-c4ccccc43)c2)nc(C(F)(F)F)c1. The standard InChI is InChI=1S/C50H63F3N4O13/c1-49(2,3)70-48(60)56-34-36-31-44(50(51,52)53)57-45(32-36)69-38-10-8-9-37(33-38)46(58)54-15-17-61-19-21-63-23-25-65-27-29-67-30-28-66-26-24-64-22-20-62-18-16-55-47(59)68-35-43-41-13-6-4-11-39(41)40-12-5-7-14-42(40)43/h4-14,31-33,43H,15-30,34-35H2,1-3H3,(H,54,58)(H,55,59)(H,56,60). The molecule has 1 aromatic heterocycles. The number of halogens is 3. The van der Waals surface area contributed by atoms with E-state index in [0.29, 0.717) is 92.4 Å². The zero-order chi connectivity index (χ0) is 50.0. The maximum atomic E-state index is 13.6. The first-order valence-corrected chi connectivity index (χ1v) is 23.0. The Morgan fingerprint density at radius 3 is 1.59 bits per heavy atom. The summed E-state index contributed by atoms with van der Waals surface area (Å²) in [5, 5.41) is 7.85. The van der Waals surface area contributed by atoms with Crippen LogP contribution in [-0.2, 0) is 55.4 Å². The van der Waals surface area contributed by atoms with Crippen LogP contribution in [0.3, 0.4) is 0 Å². The molecule has 70 heavy (non-hydrogen) atoms. The number of nitrogens with one attached hydrogen (secondary N) is 3. The van der Waals surface area contributed by atoms with Gasteiger partial charge < -0.3 is 63.3 Å². The molecule has 1 aliphatic rings. The number of carbonyl (C=O) groups excluding carboxylic acids is 3. The van der Waals surface area contributed by atoms with Crippen LogP contribution in [0.2, 0.25) is 0 Å². The molecule has 3 amide bonds. The van der Waals surface area contributed by atoms with Gasteiger partial charge >= 0.3 is 18.4 Å². The van der Waals surface area contributed by atoms with Gasteiger partial charge in [0.05, 0.1) is 92.5 Å². The lowest BCUT2D eigenvalue weighted by atomic mass is 9.98. The van der Waals surface area contributed by atoms with Crippen LogP contribution in [-0.4, -0.2) is 141 Å². The molecule has 5 rings (SSSR count). The van der Waals surface area contributed by atoms with Crippen LogP contribution in [0.5, 0.6) is 11.6 Å². The first-order chi connectivity index (χ1) is 33.8. The second kappa shape index (κ2) is 29.3. The number of hydrogen-bond acceptors (Lipinski definition) is 14. The quantitative estimate of drug-likeness (QED) is 0.0426. The highest BCUT2D eigenvalue weighted by Crippen LogP contribution is 2.44. The van der Waals surface area contributed by atoms with Crippen molar-refractivity contribution in [1.82, 2.24) is 20.9 Å². The van der Waals surface area contributed by atoms with Crippen LogP contribution in [0.25, 0.3) is 11.1 Å². The van der Waals surface area contributed by atoms with Crippen molar-refractivity contribution >= 4 is 18.1 Å². The number of rotatable bonds is 31. The van der Waals surface area contributed by atoms with Gasteiger partial charge in [0.1, 0.15) is 23.7 Å². The molecular weight excluding hydrogens is 922 g/mol. The van der Waals surface area contributed by atoms with Crippen LogP contribution < -0.4 is 20.7 Å². The number of alkyl halides is 3. The van der Waals surface area contributed by atoms with E-state index < -0.39 is 35.6 Å². The smallest absolute Gasteiger partial charge is 0.433 e. The summed E-state index contributed by atoms with van der Waals surface area (Å²) in [4.78, 5) is 40.6. The molecule has 0 atom stereocenters. The predicted molar refractivity (Wildman–Crippen MR) is 250 cm³/mol. The molecule has 3 aromatic carbocycles. The highest BCUT2D eigenvalue weighted by molar-refractivity contribution is 5.94. The van der Waals surface area contributed by atoms with Crippen LogP contribution >= 0.6 is 0 Å². The minimum Gasteiger partial charge on any atom is -0.449 e. The van der Waals surface area contributed by atoms with E-state index in [0.717, 1.165) is 6.07 Å². The molecule has 3 N–H and O–H groups in total. The number of hydrogen-bond donors (Lipinski definition) is 3. The van der Waals surface area contributed by atoms with Crippen LogP contribution in [0.4, 0.5) is 22.8 Å². The van der Waals surface area contributed by atoms with Gasteiger partial charge in [0.2, 0.25) is 5.88 Å². The fraction of sp³-hybridized carbons (Fsp3) is 0.480. The van der Waals surface area contributed by atoms with Crippen molar-refractivity contribution in [2.24, 2.45) is 0 Å². The summed E-state index contributed by atoms with van der Waals surface area (Å²) in [5.74, 6) is -0.729. The molecule has 0 aliphatic heterocycles. The number of fused-ring (bicyclic) bond motifs is 3. The van der Waals surface area contributed by atoms with E-state index in [1.54, 1.807) is 20.8 Å². The largest absolute Gasteiger partial charge is 0.449 e. The van der Waals surface area contributed by atoms with Crippen molar-refractivity contribution in [3.05, 3.63) is 113 Å². The lowest BCUT2D eigenvalue weighted by molar-refractivity contribution is -0.141. The maximum absolute atomic E-state index is 13.6. The number of aromatic nitrogens is 1. The van der Waals surface area contributed by atoms with Crippen molar-refractivity contribution in [1.29, 1.82) is 0 Å². The van der Waals surface area contributed by atoms with E-state index >= 15 is 0 Å². The predicted octanol–water partition coefficient (Wildman–Crippen LogP) is 7.30.